The fourth-order valence-corrected chi connectivity index (χ4v) is 3.72. The molecule has 1 amide bonds. The van der Waals surface area contributed by atoms with E-state index in [0.29, 0.717) is 33.6 Å². The van der Waals surface area contributed by atoms with Crippen LogP contribution >= 0.6 is 35.8 Å². The van der Waals surface area contributed by atoms with E-state index in [1.807, 2.05) is 6.92 Å². The largest absolute Gasteiger partial charge is 0.467 e. The number of benzene rings is 2. The molecule has 1 aliphatic rings. The van der Waals surface area contributed by atoms with Gasteiger partial charge in [0.1, 0.15) is 17.9 Å². The van der Waals surface area contributed by atoms with Gasteiger partial charge in [-0.15, -0.1) is 12.6 Å². The van der Waals surface area contributed by atoms with E-state index in [4.69, 9.17) is 27.6 Å². The Labute approximate surface area is 215 Å². The van der Waals surface area contributed by atoms with Crippen molar-refractivity contribution in [3.05, 3.63) is 87.3 Å². The lowest BCUT2D eigenvalue weighted by molar-refractivity contribution is 0.0953. The highest BCUT2D eigenvalue weighted by Crippen LogP contribution is 2.26. The van der Waals surface area contributed by atoms with Gasteiger partial charge in [-0.2, -0.15) is 0 Å². The highest BCUT2D eigenvalue weighted by atomic mass is 35.5. The van der Waals surface area contributed by atoms with Crippen LogP contribution in [0.4, 0.5) is 0 Å². The van der Waals surface area contributed by atoms with Crippen molar-refractivity contribution in [3.8, 4) is 0 Å². The summed E-state index contributed by atoms with van der Waals surface area (Å²) in [6.45, 7) is 5.87. The standard InChI is InChI=1S/C19H24N4O2.C6H4Cl2S/c1-2-20-12-17-11-16(13-25-17)19(24)23-8-7-14-3-5-15(6-4-14)18-21-9-10-22-18;7-4-2-1-3-5(8)6(4)9/h3-6,11,13,20H,2,7-10,12H2,1H3,(H,21,22)(H,23,24);1-3,9H. The molecule has 180 valence electrons. The van der Waals surface area contributed by atoms with Crippen molar-refractivity contribution >= 4 is 47.6 Å². The van der Waals surface area contributed by atoms with E-state index >= 15 is 0 Å². The van der Waals surface area contributed by atoms with Gasteiger partial charge in [0.05, 0.1) is 28.7 Å². The van der Waals surface area contributed by atoms with Crippen LogP contribution in [-0.4, -0.2) is 37.9 Å². The third-order valence-corrected chi connectivity index (χ3v) is 6.38. The number of nitrogens with zero attached hydrogens (tertiary/aromatic N) is 1. The summed E-state index contributed by atoms with van der Waals surface area (Å²) in [5.74, 6) is 1.63. The summed E-state index contributed by atoms with van der Waals surface area (Å²) < 4.78 is 5.37. The van der Waals surface area contributed by atoms with Gasteiger partial charge in [0.15, 0.2) is 0 Å². The summed E-state index contributed by atoms with van der Waals surface area (Å²) in [6.07, 6.45) is 2.29. The Hall–Kier alpha value is -2.45. The maximum absolute atomic E-state index is 12.1. The van der Waals surface area contributed by atoms with Gasteiger partial charge < -0.3 is 20.4 Å². The molecule has 0 fully saturated rings. The number of nitrogens with one attached hydrogen (secondary N) is 3. The van der Waals surface area contributed by atoms with Gasteiger partial charge in [0.25, 0.3) is 5.91 Å². The number of halogens is 2. The maximum Gasteiger partial charge on any atom is 0.254 e. The van der Waals surface area contributed by atoms with E-state index in [1.54, 1.807) is 24.3 Å². The van der Waals surface area contributed by atoms with Crippen molar-refractivity contribution in [2.45, 2.75) is 24.8 Å². The fourth-order valence-electron chi connectivity index (χ4n) is 3.17. The Bertz CT molecular complexity index is 1100. The second-order valence-electron chi connectivity index (χ2n) is 7.51. The number of furan rings is 1. The molecule has 0 unspecified atom stereocenters. The first kappa shape index (κ1) is 26.2. The smallest absolute Gasteiger partial charge is 0.254 e. The minimum absolute atomic E-state index is 0.104. The normalized spacial score (nSPS) is 12.4. The average Bonchev–Trinajstić information content (AvgIpc) is 3.55. The van der Waals surface area contributed by atoms with Crippen LogP contribution in [0.3, 0.4) is 0 Å². The molecule has 1 aromatic heterocycles. The van der Waals surface area contributed by atoms with Gasteiger partial charge in [0.2, 0.25) is 0 Å². The molecule has 3 aromatic rings. The first-order valence-electron chi connectivity index (χ1n) is 11.0. The zero-order valence-electron chi connectivity index (χ0n) is 18.9. The zero-order chi connectivity index (χ0) is 24.3. The van der Waals surface area contributed by atoms with Crippen LogP contribution in [-0.2, 0) is 13.0 Å². The molecule has 0 saturated carbocycles. The van der Waals surface area contributed by atoms with Crippen molar-refractivity contribution in [1.29, 1.82) is 0 Å². The van der Waals surface area contributed by atoms with Gasteiger partial charge in [-0.25, -0.2) is 0 Å². The highest BCUT2D eigenvalue weighted by Gasteiger charge is 2.10. The first-order chi connectivity index (χ1) is 16.5. The minimum Gasteiger partial charge on any atom is -0.467 e. The van der Waals surface area contributed by atoms with Crippen LogP contribution in [0, 0.1) is 0 Å². The van der Waals surface area contributed by atoms with Gasteiger partial charge >= 0.3 is 0 Å². The molecule has 1 aliphatic heterocycles. The molecule has 2 aromatic carbocycles. The topological polar surface area (TPSA) is 78.7 Å². The Balaban J connectivity index is 0.000000302. The molecule has 2 heterocycles. The molecular formula is C25H28Cl2N4O2S. The molecular weight excluding hydrogens is 491 g/mol. The zero-order valence-corrected chi connectivity index (χ0v) is 21.3. The number of carbonyl (C=O) groups is 1. The van der Waals surface area contributed by atoms with Gasteiger partial charge in [-0.3, -0.25) is 9.79 Å². The predicted molar refractivity (Wildman–Crippen MR) is 142 cm³/mol. The Morgan fingerprint density at radius 1 is 1.18 bits per heavy atom. The number of amides is 1. The van der Waals surface area contributed by atoms with Gasteiger partial charge in [0, 0.05) is 23.5 Å². The van der Waals surface area contributed by atoms with E-state index in [9.17, 15) is 4.79 Å². The van der Waals surface area contributed by atoms with Crippen LogP contribution in [0.1, 0.15) is 34.2 Å². The van der Waals surface area contributed by atoms with Gasteiger partial charge in [-0.1, -0.05) is 60.5 Å². The number of thiol groups is 1. The molecule has 3 N–H and O–H groups in total. The quantitative estimate of drug-likeness (QED) is 0.316. The molecule has 34 heavy (non-hydrogen) atoms. The van der Waals surface area contributed by atoms with Crippen molar-refractivity contribution in [3.63, 3.8) is 0 Å². The maximum atomic E-state index is 12.1. The van der Waals surface area contributed by atoms with E-state index in [0.717, 1.165) is 43.2 Å². The lowest BCUT2D eigenvalue weighted by Gasteiger charge is -2.06. The molecule has 0 atom stereocenters. The summed E-state index contributed by atoms with van der Waals surface area (Å²) in [6, 6.07) is 15.3. The monoisotopic (exact) mass is 518 g/mol. The van der Waals surface area contributed by atoms with Crippen LogP contribution < -0.4 is 16.0 Å². The van der Waals surface area contributed by atoms with Gasteiger partial charge in [-0.05, 0) is 36.7 Å². The van der Waals surface area contributed by atoms with Crippen LogP contribution in [0.25, 0.3) is 0 Å². The second kappa shape index (κ2) is 13.4. The number of hydrogen-bond donors (Lipinski definition) is 4. The summed E-state index contributed by atoms with van der Waals surface area (Å²) in [4.78, 5) is 17.2. The van der Waals surface area contributed by atoms with Crippen LogP contribution in [0.2, 0.25) is 10.0 Å². The number of hydrogen-bond acceptors (Lipinski definition) is 6. The molecule has 0 spiro atoms. The molecule has 0 bridgehead atoms. The van der Waals surface area contributed by atoms with E-state index in [-0.39, 0.29) is 5.91 Å². The molecule has 0 radical (unpaired) electrons. The minimum atomic E-state index is -0.104. The van der Waals surface area contributed by atoms with Crippen LogP contribution in [0.15, 0.2) is 69.1 Å². The van der Waals surface area contributed by atoms with Crippen molar-refractivity contribution in [1.82, 2.24) is 16.0 Å². The molecule has 0 saturated heterocycles. The molecule has 9 heteroatoms. The van der Waals surface area contributed by atoms with Crippen molar-refractivity contribution in [2.75, 3.05) is 26.2 Å². The second-order valence-corrected chi connectivity index (χ2v) is 8.77. The number of carbonyl (C=O) groups excluding carboxylic acids is 1. The molecule has 6 nitrogen and oxygen atoms in total. The lowest BCUT2D eigenvalue weighted by Crippen LogP contribution is -2.25. The summed E-state index contributed by atoms with van der Waals surface area (Å²) in [5, 5.41) is 10.5. The fraction of sp³-hybridized carbons (Fsp3) is 0.280. The summed E-state index contributed by atoms with van der Waals surface area (Å²) in [5.41, 5.74) is 2.85. The lowest BCUT2D eigenvalue weighted by atomic mass is 10.1. The number of amidine groups is 1. The number of rotatable bonds is 8. The summed E-state index contributed by atoms with van der Waals surface area (Å²) in [7, 11) is 0. The average molecular weight is 519 g/mol. The van der Waals surface area contributed by atoms with Crippen molar-refractivity contribution in [2.24, 2.45) is 4.99 Å². The van der Waals surface area contributed by atoms with E-state index < -0.39 is 0 Å². The molecule has 0 aliphatic carbocycles. The molecule has 4 rings (SSSR count). The highest BCUT2D eigenvalue weighted by molar-refractivity contribution is 7.80. The third-order valence-electron chi connectivity index (χ3n) is 5.00. The van der Waals surface area contributed by atoms with E-state index in [2.05, 4.69) is 57.8 Å². The Morgan fingerprint density at radius 2 is 1.91 bits per heavy atom. The SMILES string of the molecule is CCNCc1cc(C(=O)NCCc2ccc(C3=NCCN3)cc2)co1.Sc1c(Cl)cccc1Cl. The first-order valence-corrected chi connectivity index (χ1v) is 12.2. The Morgan fingerprint density at radius 3 is 2.53 bits per heavy atom. The summed E-state index contributed by atoms with van der Waals surface area (Å²) >= 11 is 15.4. The third kappa shape index (κ3) is 7.81. The van der Waals surface area contributed by atoms with E-state index in [1.165, 1.54) is 11.8 Å². The van der Waals surface area contributed by atoms with Crippen molar-refractivity contribution < 1.29 is 9.21 Å². The predicted octanol–water partition coefficient (Wildman–Crippen LogP) is 4.99. The number of aliphatic imine (C=N–C) groups is 1. The Kier molecular flexibility index (Phi) is 10.3. The van der Waals surface area contributed by atoms with Crippen LogP contribution in [0.5, 0.6) is 0 Å².